The van der Waals surface area contributed by atoms with E-state index in [1.807, 2.05) is 0 Å². The van der Waals surface area contributed by atoms with Crippen LogP contribution in [0.25, 0.3) is 0 Å². The van der Waals surface area contributed by atoms with Gasteiger partial charge in [0.25, 0.3) is 5.92 Å². The van der Waals surface area contributed by atoms with Gasteiger partial charge in [0, 0.05) is 13.0 Å². The highest BCUT2D eigenvalue weighted by Crippen LogP contribution is 2.33. The van der Waals surface area contributed by atoms with Crippen molar-refractivity contribution in [2.45, 2.75) is 44.0 Å². The highest BCUT2D eigenvalue weighted by Gasteiger charge is 2.47. The maximum atomic E-state index is 13.3. The molecule has 6 heteroatoms. The van der Waals surface area contributed by atoms with Gasteiger partial charge in [0.15, 0.2) is 0 Å². The zero-order valence-electron chi connectivity index (χ0n) is 10.1. The third-order valence-electron chi connectivity index (χ3n) is 2.80. The Balaban J connectivity index is 2.69. The molecule has 0 aliphatic carbocycles. The summed E-state index contributed by atoms with van der Waals surface area (Å²) in [5.41, 5.74) is 0. The fraction of sp³-hybridized carbons (Fsp3) is 0.909. The lowest BCUT2D eigenvalue weighted by molar-refractivity contribution is -0.133. The van der Waals surface area contributed by atoms with E-state index in [2.05, 4.69) is 0 Å². The van der Waals surface area contributed by atoms with Gasteiger partial charge in [0.2, 0.25) is 5.91 Å². The maximum Gasteiger partial charge on any atom is 0.267 e. The van der Waals surface area contributed by atoms with Gasteiger partial charge in [-0.2, -0.15) is 0 Å². The van der Waals surface area contributed by atoms with Crippen LogP contribution in [0.1, 0.15) is 26.7 Å². The van der Waals surface area contributed by atoms with E-state index in [4.69, 9.17) is 16.3 Å². The molecule has 0 aromatic rings. The van der Waals surface area contributed by atoms with Crippen molar-refractivity contribution in [1.29, 1.82) is 0 Å². The van der Waals surface area contributed by atoms with E-state index >= 15 is 0 Å². The van der Waals surface area contributed by atoms with E-state index in [9.17, 15) is 13.6 Å². The monoisotopic (exact) mass is 269 g/mol. The SMILES string of the molecule is CCOC[C@H]1CC(F)(F)CN1C(=O)[C@H](Cl)CC. The Hall–Kier alpha value is -0.420. The topological polar surface area (TPSA) is 29.5 Å². The number of rotatable bonds is 5. The molecule has 1 saturated heterocycles. The van der Waals surface area contributed by atoms with Gasteiger partial charge in [-0.15, -0.1) is 11.6 Å². The van der Waals surface area contributed by atoms with E-state index in [0.29, 0.717) is 13.0 Å². The third-order valence-corrected chi connectivity index (χ3v) is 3.30. The summed E-state index contributed by atoms with van der Waals surface area (Å²) in [6, 6.07) is -0.565. The molecule has 0 spiro atoms. The molecule has 1 aliphatic heterocycles. The van der Waals surface area contributed by atoms with Gasteiger partial charge >= 0.3 is 0 Å². The first kappa shape index (κ1) is 14.6. The molecule has 0 N–H and O–H groups in total. The molecule has 1 rings (SSSR count). The number of carbonyl (C=O) groups excluding carboxylic acids is 1. The van der Waals surface area contributed by atoms with Gasteiger partial charge in [0.1, 0.15) is 5.38 Å². The minimum Gasteiger partial charge on any atom is -0.380 e. The summed E-state index contributed by atoms with van der Waals surface area (Å²) in [4.78, 5) is 13.0. The number of hydrogen-bond acceptors (Lipinski definition) is 2. The molecule has 100 valence electrons. The number of hydrogen-bond donors (Lipinski definition) is 0. The molecule has 1 aliphatic rings. The van der Waals surface area contributed by atoms with E-state index in [-0.39, 0.29) is 13.0 Å². The fourth-order valence-corrected chi connectivity index (χ4v) is 2.04. The number of ether oxygens (including phenoxy) is 1. The molecule has 0 aromatic heterocycles. The van der Waals surface area contributed by atoms with Crippen LogP contribution in [-0.2, 0) is 9.53 Å². The van der Waals surface area contributed by atoms with Crippen molar-refractivity contribution < 1.29 is 18.3 Å². The summed E-state index contributed by atoms with van der Waals surface area (Å²) in [5.74, 6) is -3.25. The second-order valence-corrected chi connectivity index (χ2v) is 4.74. The zero-order valence-corrected chi connectivity index (χ0v) is 10.8. The van der Waals surface area contributed by atoms with Crippen molar-refractivity contribution in [3.8, 4) is 0 Å². The van der Waals surface area contributed by atoms with E-state index in [0.717, 1.165) is 4.90 Å². The average Bonchev–Trinajstić information content (AvgIpc) is 2.59. The number of alkyl halides is 3. The van der Waals surface area contributed by atoms with Gasteiger partial charge < -0.3 is 9.64 Å². The minimum absolute atomic E-state index is 0.144. The van der Waals surface area contributed by atoms with Crippen molar-refractivity contribution in [2.24, 2.45) is 0 Å². The smallest absolute Gasteiger partial charge is 0.267 e. The van der Waals surface area contributed by atoms with Crippen LogP contribution in [0.5, 0.6) is 0 Å². The summed E-state index contributed by atoms with van der Waals surface area (Å²) in [6.07, 6.45) is 0.0931. The molecule has 0 unspecified atom stereocenters. The quantitative estimate of drug-likeness (QED) is 0.717. The van der Waals surface area contributed by atoms with Crippen LogP contribution in [0, 0.1) is 0 Å². The van der Waals surface area contributed by atoms with Crippen LogP contribution < -0.4 is 0 Å². The van der Waals surface area contributed by atoms with Gasteiger partial charge in [0.05, 0.1) is 19.2 Å². The summed E-state index contributed by atoms with van der Waals surface area (Å²) < 4.78 is 31.7. The summed E-state index contributed by atoms with van der Waals surface area (Å²) in [5, 5.41) is -0.729. The zero-order chi connectivity index (χ0) is 13.1. The molecule has 1 amide bonds. The van der Waals surface area contributed by atoms with Crippen molar-refractivity contribution in [3.05, 3.63) is 0 Å². The number of nitrogens with zero attached hydrogens (tertiary/aromatic N) is 1. The van der Waals surface area contributed by atoms with Crippen molar-refractivity contribution in [1.82, 2.24) is 4.90 Å². The molecular formula is C11H18ClF2NO2. The molecule has 0 aromatic carbocycles. The minimum atomic E-state index is -2.83. The van der Waals surface area contributed by atoms with Crippen LogP contribution in [0.3, 0.4) is 0 Å². The molecule has 0 radical (unpaired) electrons. The Bertz CT molecular complexity index is 276. The van der Waals surface area contributed by atoms with Crippen LogP contribution in [-0.4, -0.2) is 47.9 Å². The van der Waals surface area contributed by atoms with E-state index in [1.54, 1.807) is 13.8 Å². The summed E-state index contributed by atoms with van der Waals surface area (Å²) in [6.45, 7) is 3.58. The second kappa shape index (κ2) is 5.96. The predicted octanol–water partition coefficient (Wildman–Crippen LogP) is 2.28. The Labute approximate surface area is 105 Å². The molecule has 17 heavy (non-hydrogen) atoms. The lowest BCUT2D eigenvalue weighted by atomic mass is 10.2. The van der Waals surface area contributed by atoms with E-state index < -0.39 is 29.8 Å². The van der Waals surface area contributed by atoms with Crippen LogP contribution >= 0.6 is 11.6 Å². The molecule has 0 bridgehead atoms. The second-order valence-electron chi connectivity index (χ2n) is 4.22. The summed E-state index contributed by atoms with van der Waals surface area (Å²) in [7, 11) is 0. The fourth-order valence-electron chi connectivity index (χ4n) is 1.91. The number of amides is 1. The maximum absolute atomic E-state index is 13.3. The van der Waals surface area contributed by atoms with E-state index in [1.165, 1.54) is 0 Å². The first-order valence-electron chi connectivity index (χ1n) is 5.81. The number of carbonyl (C=O) groups is 1. The molecule has 3 nitrogen and oxygen atoms in total. The number of halogens is 3. The van der Waals surface area contributed by atoms with Crippen molar-refractivity contribution in [2.75, 3.05) is 19.8 Å². The van der Waals surface area contributed by atoms with Gasteiger partial charge in [-0.3, -0.25) is 4.79 Å². The average molecular weight is 270 g/mol. The van der Waals surface area contributed by atoms with Crippen molar-refractivity contribution in [3.63, 3.8) is 0 Å². The van der Waals surface area contributed by atoms with Crippen LogP contribution in [0.4, 0.5) is 8.78 Å². The van der Waals surface area contributed by atoms with Gasteiger partial charge in [-0.25, -0.2) is 8.78 Å². The van der Waals surface area contributed by atoms with Crippen molar-refractivity contribution >= 4 is 17.5 Å². The largest absolute Gasteiger partial charge is 0.380 e. The molecular weight excluding hydrogens is 252 g/mol. The van der Waals surface area contributed by atoms with Crippen LogP contribution in [0.2, 0.25) is 0 Å². The summed E-state index contributed by atoms with van der Waals surface area (Å²) >= 11 is 5.81. The first-order valence-corrected chi connectivity index (χ1v) is 6.25. The molecule has 2 atom stereocenters. The van der Waals surface area contributed by atoms with Gasteiger partial charge in [-0.05, 0) is 13.3 Å². The Kier molecular flexibility index (Phi) is 5.13. The lowest BCUT2D eigenvalue weighted by Crippen LogP contribution is -2.42. The Morgan fingerprint density at radius 1 is 1.59 bits per heavy atom. The molecule has 1 heterocycles. The predicted molar refractivity (Wildman–Crippen MR) is 61.5 cm³/mol. The highest BCUT2D eigenvalue weighted by molar-refractivity contribution is 6.30. The Morgan fingerprint density at radius 2 is 2.24 bits per heavy atom. The molecule has 1 fully saturated rings. The Morgan fingerprint density at radius 3 is 2.76 bits per heavy atom. The number of likely N-dealkylation sites (tertiary alicyclic amines) is 1. The normalized spacial score (nSPS) is 25.0. The lowest BCUT2D eigenvalue weighted by Gasteiger charge is -2.25. The third kappa shape index (κ3) is 3.78. The standard InChI is InChI=1S/C11H18ClF2NO2/c1-3-9(12)10(16)15-7-11(13,14)5-8(15)6-17-4-2/h8-9H,3-7H2,1-2H3/t8-,9-/m1/s1. The van der Waals surface area contributed by atoms with Crippen LogP contribution in [0.15, 0.2) is 0 Å². The van der Waals surface area contributed by atoms with Gasteiger partial charge in [-0.1, -0.05) is 6.92 Å². The molecule has 0 saturated carbocycles. The first-order chi connectivity index (χ1) is 7.91. The highest BCUT2D eigenvalue weighted by atomic mass is 35.5.